The van der Waals surface area contributed by atoms with E-state index in [-0.39, 0.29) is 24.3 Å². The molecule has 0 amide bonds. The number of amidine groups is 1. The van der Waals surface area contributed by atoms with Crippen LogP contribution in [0, 0.1) is 5.92 Å². The van der Waals surface area contributed by atoms with Gasteiger partial charge in [-0.2, -0.15) is 4.99 Å². The van der Waals surface area contributed by atoms with Crippen LogP contribution < -0.4 is 0 Å². The Hall–Kier alpha value is -1.70. The number of aliphatic imine (C=N–C) groups is 2. The first-order chi connectivity index (χ1) is 13.2. The fourth-order valence-electron chi connectivity index (χ4n) is 4.56. The highest BCUT2D eigenvalue weighted by molar-refractivity contribution is 6.01. The monoisotopic (exact) mass is 373 g/mol. The van der Waals surface area contributed by atoms with Crippen molar-refractivity contribution in [3.63, 3.8) is 0 Å². The number of hydrogen-bond donors (Lipinski definition) is 0. The van der Waals surface area contributed by atoms with Gasteiger partial charge in [-0.05, 0) is 13.8 Å². The van der Waals surface area contributed by atoms with E-state index in [4.69, 9.17) is 19.5 Å². The summed E-state index contributed by atoms with van der Waals surface area (Å²) < 4.78 is 11.6. The van der Waals surface area contributed by atoms with Gasteiger partial charge in [-0.1, -0.05) is 18.2 Å². The normalized spacial score (nSPS) is 34.7. The molecule has 0 N–H and O–H groups in total. The molecular weight excluding hydrogens is 342 g/mol. The van der Waals surface area contributed by atoms with Gasteiger partial charge in [0.1, 0.15) is 5.84 Å². The lowest BCUT2D eigenvalue weighted by Crippen LogP contribution is -2.65. The first-order valence-electron chi connectivity index (χ1n) is 10.1. The Kier molecular flexibility index (Phi) is 5.61. The van der Waals surface area contributed by atoms with E-state index in [1.807, 2.05) is 6.08 Å². The van der Waals surface area contributed by atoms with E-state index in [2.05, 4.69) is 47.3 Å². The first kappa shape index (κ1) is 18.7. The van der Waals surface area contributed by atoms with E-state index in [1.54, 1.807) is 0 Å². The van der Waals surface area contributed by atoms with E-state index in [9.17, 15) is 0 Å². The summed E-state index contributed by atoms with van der Waals surface area (Å²) in [6.45, 7) is 14.9. The molecule has 0 aliphatic carbocycles. The topological polar surface area (TPSA) is 52.9 Å². The molecular formula is C20H31N5O2. The molecule has 2 saturated heterocycles. The van der Waals surface area contributed by atoms with Crippen LogP contribution in [0.2, 0.25) is 0 Å². The van der Waals surface area contributed by atoms with Crippen LogP contribution in [0.4, 0.5) is 0 Å². The minimum Gasteiger partial charge on any atom is -0.379 e. The first-order valence-corrected chi connectivity index (χ1v) is 10.1. The zero-order chi connectivity index (χ0) is 18.8. The molecule has 0 aromatic carbocycles. The molecule has 0 bridgehead atoms. The number of guanidine groups is 1. The molecule has 0 aromatic rings. The van der Waals surface area contributed by atoms with Crippen molar-refractivity contribution in [1.29, 1.82) is 0 Å². The Balaban J connectivity index is 1.70. The summed E-state index contributed by atoms with van der Waals surface area (Å²) in [6, 6.07) is 0. The van der Waals surface area contributed by atoms with Crippen molar-refractivity contribution in [2.24, 2.45) is 15.9 Å². The molecule has 4 heterocycles. The molecule has 0 radical (unpaired) electrons. The Morgan fingerprint density at radius 3 is 2.67 bits per heavy atom. The van der Waals surface area contributed by atoms with Crippen molar-refractivity contribution >= 4 is 11.8 Å². The van der Waals surface area contributed by atoms with Crippen molar-refractivity contribution in [2.75, 3.05) is 52.5 Å². The number of rotatable bonds is 3. The Morgan fingerprint density at radius 2 is 1.96 bits per heavy atom. The number of ether oxygens (including phenoxy) is 2. The number of morpholine rings is 2. The molecule has 27 heavy (non-hydrogen) atoms. The van der Waals surface area contributed by atoms with E-state index in [0.717, 1.165) is 64.3 Å². The van der Waals surface area contributed by atoms with Crippen LogP contribution in [-0.4, -0.2) is 97.4 Å². The van der Waals surface area contributed by atoms with Crippen molar-refractivity contribution < 1.29 is 9.47 Å². The lowest BCUT2D eigenvalue weighted by molar-refractivity contribution is -0.0580. The smallest absolute Gasteiger partial charge is 0.204 e. The molecule has 4 unspecified atom stereocenters. The Bertz CT molecular complexity index is 630. The van der Waals surface area contributed by atoms with E-state index >= 15 is 0 Å². The van der Waals surface area contributed by atoms with Crippen molar-refractivity contribution in [1.82, 2.24) is 14.7 Å². The Labute approximate surface area is 162 Å². The van der Waals surface area contributed by atoms with E-state index in [0.29, 0.717) is 0 Å². The van der Waals surface area contributed by atoms with Crippen LogP contribution in [0.1, 0.15) is 13.8 Å². The second kappa shape index (κ2) is 8.12. The average molecular weight is 374 g/mol. The van der Waals surface area contributed by atoms with Gasteiger partial charge in [-0.25, -0.2) is 0 Å². The van der Waals surface area contributed by atoms with Gasteiger partial charge >= 0.3 is 0 Å². The zero-order valence-electron chi connectivity index (χ0n) is 16.5. The highest BCUT2D eigenvalue weighted by Gasteiger charge is 2.43. The maximum absolute atomic E-state index is 5.95. The maximum atomic E-state index is 5.95. The molecule has 2 fully saturated rings. The zero-order valence-corrected chi connectivity index (χ0v) is 16.5. The second-order valence-corrected chi connectivity index (χ2v) is 7.73. The van der Waals surface area contributed by atoms with Gasteiger partial charge in [-0.3, -0.25) is 9.89 Å². The van der Waals surface area contributed by atoms with Gasteiger partial charge in [0.2, 0.25) is 5.96 Å². The average Bonchev–Trinajstić information content (AvgIpc) is 2.67. The highest BCUT2D eigenvalue weighted by atomic mass is 16.5. The molecule has 0 aromatic heterocycles. The van der Waals surface area contributed by atoms with Gasteiger partial charge in [0, 0.05) is 32.7 Å². The molecule has 7 heteroatoms. The van der Waals surface area contributed by atoms with Crippen LogP contribution in [0.25, 0.3) is 0 Å². The van der Waals surface area contributed by atoms with Gasteiger partial charge in [0.05, 0.1) is 44.1 Å². The summed E-state index contributed by atoms with van der Waals surface area (Å²) in [7, 11) is 0. The van der Waals surface area contributed by atoms with Gasteiger partial charge in [0.25, 0.3) is 0 Å². The van der Waals surface area contributed by atoms with Crippen LogP contribution in [0.3, 0.4) is 0 Å². The molecule has 4 atom stereocenters. The van der Waals surface area contributed by atoms with Crippen LogP contribution in [-0.2, 0) is 9.47 Å². The van der Waals surface area contributed by atoms with Crippen LogP contribution in [0.5, 0.6) is 0 Å². The van der Waals surface area contributed by atoms with Crippen molar-refractivity contribution in [2.45, 2.75) is 32.2 Å². The third-order valence-electron chi connectivity index (χ3n) is 5.56. The van der Waals surface area contributed by atoms with Gasteiger partial charge in [0.15, 0.2) is 0 Å². The lowest BCUT2D eigenvalue weighted by Gasteiger charge is -2.51. The third-order valence-corrected chi connectivity index (χ3v) is 5.56. The number of dihydropyridines is 1. The number of hydrogen-bond acceptors (Lipinski definition) is 7. The molecule has 4 aliphatic rings. The second-order valence-electron chi connectivity index (χ2n) is 7.73. The predicted molar refractivity (Wildman–Crippen MR) is 107 cm³/mol. The van der Waals surface area contributed by atoms with E-state index < -0.39 is 0 Å². The van der Waals surface area contributed by atoms with E-state index in [1.165, 1.54) is 0 Å². The molecule has 148 valence electrons. The fourth-order valence-corrected chi connectivity index (χ4v) is 4.56. The summed E-state index contributed by atoms with van der Waals surface area (Å²) in [5, 5.41) is 0. The third kappa shape index (κ3) is 3.81. The lowest BCUT2D eigenvalue weighted by atomic mass is 9.97. The van der Waals surface area contributed by atoms with Crippen LogP contribution in [0.15, 0.2) is 34.8 Å². The molecule has 4 rings (SSSR count). The van der Waals surface area contributed by atoms with Crippen molar-refractivity contribution in [3.8, 4) is 0 Å². The number of fused-ring (bicyclic) bond motifs is 1. The molecule has 0 saturated carbocycles. The van der Waals surface area contributed by atoms with Crippen LogP contribution >= 0.6 is 0 Å². The minimum absolute atomic E-state index is 0.190. The standard InChI is InChI=1S/C20H31N5O2/c1-4-8-25-19(23-9-11-26-12-10-23)17-6-5-7-21-18(17)22-20(25)24-13-15(2)27-16(3)14-24/h4-6,15-17,19H,1,7-14H2,2-3H3. The summed E-state index contributed by atoms with van der Waals surface area (Å²) in [5.74, 6) is 2.16. The largest absolute Gasteiger partial charge is 0.379 e. The minimum atomic E-state index is 0.190. The molecule has 0 spiro atoms. The fraction of sp³-hybridized carbons (Fsp3) is 0.700. The summed E-state index contributed by atoms with van der Waals surface area (Å²) in [6.07, 6.45) is 6.99. The quantitative estimate of drug-likeness (QED) is 0.696. The summed E-state index contributed by atoms with van der Waals surface area (Å²) in [5.41, 5.74) is 0. The van der Waals surface area contributed by atoms with Gasteiger partial charge < -0.3 is 19.3 Å². The predicted octanol–water partition coefficient (Wildman–Crippen LogP) is 1.20. The number of nitrogens with zero attached hydrogens (tertiary/aromatic N) is 5. The summed E-state index contributed by atoms with van der Waals surface area (Å²) in [4.78, 5) is 17.1. The highest BCUT2D eigenvalue weighted by Crippen LogP contribution is 2.29. The van der Waals surface area contributed by atoms with Crippen molar-refractivity contribution in [3.05, 3.63) is 24.8 Å². The SMILES string of the molecule is C=CCN1C(N2CC(C)OC(C)C2)=NC2=NCC=CC2C1N1CCOCC1. The summed E-state index contributed by atoms with van der Waals surface area (Å²) >= 11 is 0. The molecule has 7 nitrogen and oxygen atoms in total. The molecule has 4 aliphatic heterocycles. The van der Waals surface area contributed by atoms with Gasteiger partial charge in [-0.15, -0.1) is 6.58 Å². The maximum Gasteiger partial charge on any atom is 0.204 e. The Morgan fingerprint density at radius 1 is 1.22 bits per heavy atom.